The number of piperidine rings is 1. The fourth-order valence-electron chi connectivity index (χ4n) is 2.41. The summed E-state index contributed by atoms with van der Waals surface area (Å²) in [5.74, 6) is 0.215. The van der Waals surface area contributed by atoms with Crippen LogP contribution in [0.3, 0.4) is 0 Å². The molecule has 3 nitrogen and oxygen atoms in total. The van der Waals surface area contributed by atoms with Crippen LogP contribution in [0.1, 0.15) is 35.0 Å². The van der Waals surface area contributed by atoms with E-state index in [2.05, 4.69) is 12.2 Å². The van der Waals surface area contributed by atoms with Gasteiger partial charge in [0.25, 0.3) is 5.91 Å². The van der Waals surface area contributed by atoms with E-state index in [4.69, 9.17) is 0 Å². The highest BCUT2D eigenvalue weighted by Gasteiger charge is 2.26. The Morgan fingerprint density at radius 3 is 2.76 bits per heavy atom. The minimum atomic E-state index is 0.215. The van der Waals surface area contributed by atoms with E-state index in [1.54, 1.807) is 11.3 Å². The number of nitrogens with one attached hydrogen (secondary N) is 1. The largest absolute Gasteiger partial charge is 0.335 e. The zero-order valence-corrected chi connectivity index (χ0v) is 11.3. The standard InChI is InChI=1S/C13H20N2OS/c1-3-15(11-4-7-14-8-5-11)13(16)12-10(2)6-9-17-12/h6,9,11,14H,3-5,7-8H2,1-2H3. The van der Waals surface area contributed by atoms with Gasteiger partial charge in [0.2, 0.25) is 0 Å². The van der Waals surface area contributed by atoms with Gasteiger partial charge in [-0.2, -0.15) is 0 Å². The molecule has 0 saturated carbocycles. The van der Waals surface area contributed by atoms with Crippen LogP contribution in [0.25, 0.3) is 0 Å². The van der Waals surface area contributed by atoms with Crippen LogP contribution in [0.4, 0.5) is 0 Å². The van der Waals surface area contributed by atoms with Gasteiger partial charge in [-0.15, -0.1) is 11.3 Å². The van der Waals surface area contributed by atoms with Gasteiger partial charge in [-0.05, 0) is 56.8 Å². The summed E-state index contributed by atoms with van der Waals surface area (Å²) in [5.41, 5.74) is 1.10. The third kappa shape index (κ3) is 2.69. The molecule has 0 aliphatic carbocycles. The molecule has 4 heteroatoms. The molecule has 2 heterocycles. The summed E-state index contributed by atoms with van der Waals surface area (Å²) >= 11 is 1.56. The van der Waals surface area contributed by atoms with Crippen molar-refractivity contribution < 1.29 is 4.79 Å². The van der Waals surface area contributed by atoms with E-state index < -0.39 is 0 Å². The van der Waals surface area contributed by atoms with Crippen molar-refractivity contribution in [2.45, 2.75) is 32.7 Å². The Morgan fingerprint density at radius 1 is 1.53 bits per heavy atom. The van der Waals surface area contributed by atoms with Crippen molar-refractivity contribution in [3.05, 3.63) is 21.9 Å². The molecule has 17 heavy (non-hydrogen) atoms. The first-order valence-corrected chi connectivity index (χ1v) is 7.17. The lowest BCUT2D eigenvalue weighted by Crippen LogP contribution is -2.46. The fourth-order valence-corrected chi connectivity index (χ4v) is 3.29. The SMILES string of the molecule is CCN(C(=O)c1sccc1C)C1CCNCC1. The third-order valence-electron chi connectivity index (χ3n) is 3.41. The van der Waals surface area contributed by atoms with Crippen molar-refractivity contribution in [1.29, 1.82) is 0 Å². The topological polar surface area (TPSA) is 32.3 Å². The Hall–Kier alpha value is -0.870. The highest BCUT2D eigenvalue weighted by atomic mass is 32.1. The molecule has 1 amide bonds. The first-order valence-electron chi connectivity index (χ1n) is 6.29. The Bertz CT molecular complexity index is 383. The van der Waals surface area contributed by atoms with Crippen molar-refractivity contribution >= 4 is 17.2 Å². The Kier molecular flexibility index (Phi) is 4.18. The average Bonchev–Trinajstić information content (AvgIpc) is 2.77. The number of hydrogen-bond donors (Lipinski definition) is 1. The van der Waals surface area contributed by atoms with E-state index in [1.807, 2.05) is 23.3 Å². The summed E-state index contributed by atoms with van der Waals surface area (Å²) in [6, 6.07) is 2.43. The number of amides is 1. The summed E-state index contributed by atoms with van der Waals surface area (Å²) in [6.45, 7) is 6.94. The van der Waals surface area contributed by atoms with Gasteiger partial charge in [0, 0.05) is 12.6 Å². The van der Waals surface area contributed by atoms with Crippen LogP contribution in [0.2, 0.25) is 0 Å². The maximum absolute atomic E-state index is 12.5. The number of carbonyl (C=O) groups excluding carboxylic acids is 1. The molecule has 1 N–H and O–H groups in total. The van der Waals surface area contributed by atoms with E-state index >= 15 is 0 Å². The van der Waals surface area contributed by atoms with Crippen molar-refractivity contribution in [2.75, 3.05) is 19.6 Å². The van der Waals surface area contributed by atoms with Gasteiger partial charge >= 0.3 is 0 Å². The van der Waals surface area contributed by atoms with Crippen LogP contribution in [0, 0.1) is 6.92 Å². The molecule has 0 radical (unpaired) electrons. The lowest BCUT2D eigenvalue weighted by atomic mass is 10.0. The normalized spacial score (nSPS) is 17.1. The highest BCUT2D eigenvalue weighted by Crippen LogP contribution is 2.21. The van der Waals surface area contributed by atoms with E-state index in [-0.39, 0.29) is 5.91 Å². The molecule has 1 aliphatic heterocycles. The van der Waals surface area contributed by atoms with E-state index in [0.29, 0.717) is 6.04 Å². The van der Waals surface area contributed by atoms with Gasteiger partial charge in [-0.1, -0.05) is 0 Å². The lowest BCUT2D eigenvalue weighted by Gasteiger charge is -2.33. The van der Waals surface area contributed by atoms with Gasteiger partial charge in [-0.25, -0.2) is 0 Å². The van der Waals surface area contributed by atoms with Crippen molar-refractivity contribution in [3.8, 4) is 0 Å². The fraction of sp³-hybridized carbons (Fsp3) is 0.615. The smallest absolute Gasteiger partial charge is 0.264 e. The Balaban J connectivity index is 2.12. The maximum atomic E-state index is 12.5. The number of nitrogens with zero attached hydrogens (tertiary/aromatic N) is 1. The number of rotatable bonds is 3. The minimum absolute atomic E-state index is 0.215. The zero-order chi connectivity index (χ0) is 12.3. The van der Waals surface area contributed by atoms with E-state index in [0.717, 1.165) is 42.9 Å². The summed E-state index contributed by atoms with van der Waals surface area (Å²) in [4.78, 5) is 15.4. The molecule has 2 rings (SSSR count). The number of aryl methyl sites for hydroxylation is 1. The summed E-state index contributed by atoms with van der Waals surface area (Å²) in [5, 5.41) is 5.34. The van der Waals surface area contributed by atoms with Crippen LogP contribution in [-0.2, 0) is 0 Å². The maximum Gasteiger partial charge on any atom is 0.264 e. The monoisotopic (exact) mass is 252 g/mol. The number of carbonyl (C=O) groups is 1. The van der Waals surface area contributed by atoms with Crippen molar-refractivity contribution in [2.24, 2.45) is 0 Å². The van der Waals surface area contributed by atoms with E-state index in [1.165, 1.54) is 0 Å². The predicted molar refractivity (Wildman–Crippen MR) is 71.7 cm³/mol. The highest BCUT2D eigenvalue weighted by molar-refractivity contribution is 7.12. The van der Waals surface area contributed by atoms with E-state index in [9.17, 15) is 4.79 Å². The summed E-state index contributed by atoms with van der Waals surface area (Å²) < 4.78 is 0. The first-order chi connectivity index (χ1) is 8.24. The molecule has 94 valence electrons. The second kappa shape index (κ2) is 5.65. The van der Waals surface area contributed by atoms with Crippen molar-refractivity contribution in [3.63, 3.8) is 0 Å². The van der Waals surface area contributed by atoms with Crippen LogP contribution >= 0.6 is 11.3 Å². The molecular formula is C13H20N2OS. The second-order valence-corrected chi connectivity index (χ2v) is 5.42. The first kappa shape index (κ1) is 12.6. The van der Waals surface area contributed by atoms with Gasteiger partial charge in [0.1, 0.15) is 0 Å². The molecule has 1 aromatic heterocycles. The van der Waals surface area contributed by atoms with Crippen LogP contribution < -0.4 is 5.32 Å². The van der Waals surface area contributed by atoms with Crippen LogP contribution in [0.15, 0.2) is 11.4 Å². The van der Waals surface area contributed by atoms with Gasteiger partial charge < -0.3 is 10.2 Å². The minimum Gasteiger partial charge on any atom is -0.335 e. The van der Waals surface area contributed by atoms with Gasteiger partial charge in [0.05, 0.1) is 4.88 Å². The molecule has 0 unspecified atom stereocenters. The lowest BCUT2D eigenvalue weighted by molar-refractivity contribution is 0.0660. The molecule has 1 saturated heterocycles. The average molecular weight is 252 g/mol. The molecule has 1 fully saturated rings. The molecule has 0 spiro atoms. The second-order valence-electron chi connectivity index (χ2n) is 4.51. The molecule has 0 aromatic carbocycles. The predicted octanol–water partition coefficient (Wildman–Crippen LogP) is 2.27. The van der Waals surface area contributed by atoms with Crippen molar-refractivity contribution in [1.82, 2.24) is 10.2 Å². The van der Waals surface area contributed by atoms with Crippen LogP contribution in [0.5, 0.6) is 0 Å². The Labute approximate surface area is 107 Å². The van der Waals surface area contributed by atoms with Gasteiger partial charge in [-0.3, -0.25) is 4.79 Å². The van der Waals surface area contributed by atoms with Gasteiger partial charge in [0.15, 0.2) is 0 Å². The number of thiophene rings is 1. The third-order valence-corrected chi connectivity index (χ3v) is 4.41. The summed E-state index contributed by atoms with van der Waals surface area (Å²) in [7, 11) is 0. The number of hydrogen-bond acceptors (Lipinski definition) is 3. The molecule has 1 aromatic rings. The Morgan fingerprint density at radius 2 is 2.24 bits per heavy atom. The zero-order valence-electron chi connectivity index (χ0n) is 10.5. The molecular weight excluding hydrogens is 232 g/mol. The summed E-state index contributed by atoms with van der Waals surface area (Å²) in [6.07, 6.45) is 2.15. The molecule has 1 aliphatic rings. The van der Waals surface area contributed by atoms with Crippen LogP contribution in [-0.4, -0.2) is 36.5 Å². The molecule has 0 bridgehead atoms. The molecule has 0 atom stereocenters. The quantitative estimate of drug-likeness (QED) is 0.895.